The highest BCUT2D eigenvalue weighted by atomic mass is 32.1. The van der Waals surface area contributed by atoms with Gasteiger partial charge in [-0.1, -0.05) is 6.92 Å². The van der Waals surface area contributed by atoms with Crippen LogP contribution in [0.4, 0.5) is 0 Å². The molecule has 0 unspecified atom stereocenters. The maximum absolute atomic E-state index is 11.2. The SMILES string of the molecule is CCC(=O)N(C)NC(=NC)NC(N)=S. The second kappa shape index (κ2) is 6.14. The first-order valence-electron chi connectivity index (χ1n) is 4.07. The Bertz CT molecular complexity index is 252. The molecular formula is C7H15N5OS. The number of thiocarbonyl (C=S) groups is 1. The Morgan fingerprint density at radius 2 is 2.21 bits per heavy atom. The molecule has 0 aromatic heterocycles. The first-order chi connectivity index (χ1) is 6.51. The summed E-state index contributed by atoms with van der Waals surface area (Å²) in [6.07, 6.45) is 0.410. The van der Waals surface area contributed by atoms with Crippen LogP contribution in [0, 0.1) is 0 Å². The minimum absolute atomic E-state index is 0.0594. The summed E-state index contributed by atoms with van der Waals surface area (Å²) in [4.78, 5) is 15.0. The lowest BCUT2D eigenvalue weighted by atomic mass is 10.4. The van der Waals surface area contributed by atoms with E-state index in [2.05, 4.69) is 28.0 Å². The molecule has 0 aliphatic rings. The number of carbonyl (C=O) groups is 1. The van der Waals surface area contributed by atoms with Gasteiger partial charge >= 0.3 is 0 Å². The van der Waals surface area contributed by atoms with Crippen molar-refractivity contribution in [2.24, 2.45) is 10.7 Å². The quantitative estimate of drug-likeness (QED) is 0.231. The lowest BCUT2D eigenvalue weighted by Gasteiger charge is -2.19. The third-order valence-corrected chi connectivity index (χ3v) is 1.52. The largest absolute Gasteiger partial charge is 0.376 e. The molecule has 0 saturated heterocycles. The molecule has 1 amide bonds. The van der Waals surface area contributed by atoms with Crippen molar-refractivity contribution in [3.05, 3.63) is 0 Å². The molecule has 0 radical (unpaired) electrons. The molecule has 6 nitrogen and oxygen atoms in total. The minimum atomic E-state index is -0.0594. The van der Waals surface area contributed by atoms with Crippen LogP contribution in [0.5, 0.6) is 0 Å². The molecule has 0 aromatic carbocycles. The fraction of sp³-hybridized carbons (Fsp3) is 0.571. The molecule has 14 heavy (non-hydrogen) atoms. The summed E-state index contributed by atoms with van der Waals surface area (Å²) in [5.74, 6) is 0.276. The molecule has 7 heteroatoms. The molecule has 0 saturated carbocycles. The van der Waals surface area contributed by atoms with Gasteiger partial charge in [0.2, 0.25) is 11.9 Å². The van der Waals surface area contributed by atoms with Crippen LogP contribution in [0.25, 0.3) is 0 Å². The van der Waals surface area contributed by atoms with Crippen molar-refractivity contribution in [3.63, 3.8) is 0 Å². The van der Waals surface area contributed by atoms with E-state index in [0.717, 1.165) is 0 Å². The predicted octanol–water partition coefficient (Wildman–Crippen LogP) is -0.822. The fourth-order valence-electron chi connectivity index (χ4n) is 0.709. The van der Waals surface area contributed by atoms with Crippen molar-refractivity contribution >= 4 is 29.2 Å². The molecule has 0 aliphatic heterocycles. The number of nitrogens with zero attached hydrogens (tertiary/aromatic N) is 2. The van der Waals surface area contributed by atoms with Crippen LogP contribution in [0.2, 0.25) is 0 Å². The van der Waals surface area contributed by atoms with Crippen LogP contribution < -0.4 is 16.5 Å². The van der Waals surface area contributed by atoms with Crippen LogP contribution in [0.15, 0.2) is 4.99 Å². The zero-order chi connectivity index (χ0) is 11.1. The van der Waals surface area contributed by atoms with Crippen LogP contribution in [0.3, 0.4) is 0 Å². The molecule has 0 heterocycles. The van der Waals surface area contributed by atoms with Gasteiger partial charge in [0, 0.05) is 20.5 Å². The summed E-state index contributed by atoms with van der Waals surface area (Å²) in [5, 5.41) is 4.00. The van der Waals surface area contributed by atoms with Gasteiger partial charge in [0.25, 0.3) is 0 Å². The van der Waals surface area contributed by atoms with E-state index in [1.807, 2.05) is 0 Å². The molecule has 0 bridgehead atoms. The number of hydrogen-bond acceptors (Lipinski definition) is 3. The Labute approximate surface area is 88.5 Å². The van der Waals surface area contributed by atoms with Crippen molar-refractivity contribution in [1.29, 1.82) is 0 Å². The summed E-state index contributed by atoms with van der Waals surface area (Å²) in [7, 11) is 3.15. The smallest absolute Gasteiger partial charge is 0.240 e. The van der Waals surface area contributed by atoms with E-state index < -0.39 is 0 Å². The van der Waals surface area contributed by atoms with Crippen LogP contribution in [-0.4, -0.2) is 36.1 Å². The topological polar surface area (TPSA) is 82.8 Å². The Morgan fingerprint density at radius 3 is 2.57 bits per heavy atom. The predicted molar refractivity (Wildman–Crippen MR) is 59.5 cm³/mol. The normalized spacial score (nSPS) is 10.6. The highest BCUT2D eigenvalue weighted by Gasteiger charge is 2.07. The maximum Gasteiger partial charge on any atom is 0.240 e. The zero-order valence-electron chi connectivity index (χ0n) is 8.50. The second-order valence-electron chi connectivity index (χ2n) is 2.48. The lowest BCUT2D eigenvalue weighted by molar-refractivity contribution is -0.131. The van der Waals surface area contributed by atoms with Gasteiger partial charge in [-0.3, -0.25) is 20.2 Å². The van der Waals surface area contributed by atoms with Crippen LogP contribution in [0.1, 0.15) is 13.3 Å². The Balaban J connectivity index is 4.19. The van der Waals surface area contributed by atoms with Gasteiger partial charge in [0.05, 0.1) is 0 Å². The summed E-state index contributed by atoms with van der Waals surface area (Å²) in [6, 6.07) is 0. The molecule has 80 valence electrons. The molecule has 0 rings (SSSR count). The van der Waals surface area contributed by atoms with E-state index in [1.54, 1.807) is 21.0 Å². The Kier molecular flexibility index (Phi) is 5.54. The highest BCUT2D eigenvalue weighted by Crippen LogP contribution is 1.84. The summed E-state index contributed by atoms with van der Waals surface area (Å²) >= 11 is 4.63. The number of rotatable bonds is 1. The monoisotopic (exact) mass is 217 g/mol. The standard InChI is InChI=1S/C7H15N5OS/c1-4-5(13)12(3)11-7(9-2)10-6(8)14/h4H2,1-3H3,(H4,8,9,10,11,14). The van der Waals surface area contributed by atoms with Crippen LogP contribution in [-0.2, 0) is 4.79 Å². The molecule has 0 spiro atoms. The zero-order valence-corrected chi connectivity index (χ0v) is 9.31. The summed E-state index contributed by atoms with van der Waals surface area (Å²) < 4.78 is 0. The maximum atomic E-state index is 11.2. The summed E-state index contributed by atoms with van der Waals surface area (Å²) in [5.41, 5.74) is 7.95. The molecule has 0 fully saturated rings. The third kappa shape index (κ3) is 4.61. The molecule has 0 atom stereocenters. The molecule has 4 N–H and O–H groups in total. The van der Waals surface area contributed by atoms with Crippen molar-refractivity contribution in [2.75, 3.05) is 14.1 Å². The van der Waals surface area contributed by atoms with Crippen molar-refractivity contribution in [2.45, 2.75) is 13.3 Å². The van der Waals surface area contributed by atoms with E-state index in [4.69, 9.17) is 5.73 Å². The van der Waals surface area contributed by atoms with Gasteiger partial charge in [0.1, 0.15) is 0 Å². The number of guanidine groups is 1. The van der Waals surface area contributed by atoms with Crippen molar-refractivity contribution < 1.29 is 4.79 Å². The average Bonchev–Trinajstić information content (AvgIpc) is 2.14. The molecule has 0 aliphatic carbocycles. The number of aliphatic imine (C=N–C) groups is 1. The summed E-state index contributed by atoms with van der Waals surface area (Å²) in [6.45, 7) is 1.77. The van der Waals surface area contributed by atoms with E-state index in [0.29, 0.717) is 12.4 Å². The van der Waals surface area contributed by atoms with E-state index >= 15 is 0 Å². The van der Waals surface area contributed by atoms with E-state index in [9.17, 15) is 4.79 Å². The second-order valence-corrected chi connectivity index (χ2v) is 2.92. The Hall–Kier alpha value is -1.37. The highest BCUT2D eigenvalue weighted by molar-refractivity contribution is 7.80. The average molecular weight is 217 g/mol. The first kappa shape index (κ1) is 12.6. The number of carbonyl (C=O) groups excluding carboxylic acids is 1. The fourth-order valence-corrected chi connectivity index (χ4v) is 0.806. The van der Waals surface area contributed by atoms with Gasteiger partial charge < -0.3 is 11.1 Å². The number of hydrogen-bond donors (Lipinski definition) is 3. The van der Waals surface area contributed by atoms with Gasteiger partial charge in [-0.2, -0.15) is 0 Å². The lowest BCUT2D eigenvalue weighted by Crippen LogP contribution is -2.51. The van der Waals surface area contributed by atoms with Crippen molar-refractivity contribution in [3.8, 4) is 0 Å². The molecular weight excluding hydrogens is 202 g/mol. The number of hydrazine groups is 1. The van der Waals surface area contributed by atoms with Gasteiger partial charge in [-0.15, -0.1) is 0 Å². The van der Waals surface area contributed by atoms with Crippen LogP contribution >= 0.6 is 12.2 Å². The number of nitrogens with one attached hydrogen (secondary N) is 2. The van der Waals surface area contributed by atoms with Gasteiger partial charge in [0.15, 0.2) is 5.11 Å². The molecule has 0 aromatic rings. The number of amides is 1. The third-order valence-electron chi connectivity index (χ3n) is 1.42. The Morgan fingerprint density at radius 1 is 1.64 bits per heavy atom. The number of nitrogens with two attached hydrogens (primary N) is 1. The first-order valence-corrected chi connectivity index (χ1v) is 4.48. The van der Waals surface area contributed by atoms with E-state index in [-0.39, 0.29) is 11.0 Å². The van der Waals surface area contributed by atoms with E-state index in [1.165, 1.54) is 5.01 Å². The van der Waals surface area contributed by atoms with Gasteiger partial charge in [-0.25, -0.2) is 0 Å². The minimum Gasteiger partial charge on any atom is -0.376 e. The van der Waals surface area contributed by atoms with Crippen molar-refractivity contribution in [1.82, 2.24) is 15.8 Å². The van der Waals surface area contributed by atoms with Gasteiger partial charge in [-0.05, 0) is 12.2 Å².